The lowest BCUT2D eigenvalue weighted by molar-refractivity contribution is 0.261. The van der Waals surface area contributed by atoms with Crippen LogP contribution in [0.5, 0.6) is 0 Å². The molecule has 1 unspecified atom stereocenters. The largest absolute Gasteiger partial charge is 0.370 e. The minimum Gasteiger partial charge on any atom is -0.370 e. The summed E-state index contributed by atoms with van der Waals surface area (Å²) in [4.78, 5) is 2.30. The zero-order valence-corrected chi connectivity index (χ0v) is 14.3. The van der Waals surface area contributed by atoms with Crippen molar-refractivity contribution < 1.29 is 13.0 Å². The summed E-state index contributed by atoms with van der Waals surface area (Å²) < 4.78 is 33.4. The van der Waals surface area contributed by atoms with Crippen molar-refractivity contribution in [3.05, 3.63) is 36.4 Å². The summed E-state index contributed by atoms with van der Waals surface area (Å²) in [6.07, 6.45) is 3.48. The van der Waals surface area contributed by atoms with Gasteiger partial charge in [0, 0.05) is 36.1 Å². The number of nitrogens with zero attached hydrogens (tertiary/aromatic N) is 1. The van der Waals surface area contributed by atoms with Crippen molar-refractivity contribution in [2.75, 3.05) is 31.1 Å². The zero-order valence-electron chi connectivity index (χ0n) is 13.5. The minimum atomic E-state index is -4.26. The molecule has 2 saturated heterocycles. The second kappa shape index (κ2) is 5.72. The van der Waals surface area contributed by atoms with E-state index in [0.29, 0.717) is 5.39 Å². The average molecular weight is 346 g/mol. The van der Waals surface area contributed by atoms with Crippen LogP contribution in [0.25, 0.3) is 10.8 Å². The molecule has 6 heteroatoms. The van der Waals surface area contributed by atoms with Crippen LogP contribution in [-0.4, -0.2) is 39.1 Å². The van der Waals surface area contributed by atoms with E-state index in [1.54, 1.807) is 6.07 Å². The summed E-state index contributed by atoms with van der Waals surface area (Å²) >= 11 is 0. The Morgan fingerprint density at radius 3 is 2.62 bits per heavy atom. The number of hydrogen-bond donors (Lipinski definition) is 2. The van der Waals surface area contributed by atoms with Gasteiger partial charge in [-0.3, -0.25) is 4.55 Å². The Balaban J connectivity index is 1.85. The molecule has 0 aromatic heterocycles. The topological polar surface area (TPSA) is 69.6 Å². The predicted molar refractivity (Wildman–Crippen MR) is 95.1 cm³/mol. The van der Waals surface area contributed by atoms with Gasteiger partial charge < -0.3 is 10.2 Å². The first-order valence-electron chi connectivity index (χ1n) is 8.44. The molecule has 0 aliphatic carbocycles. The summed E-state index contributed by atoms with van der Waals surface area (Å²) in [5.74, 6) is 0. The fourth-order valence-electron chi connectivity index (χ4n) is 4.32. The number of hydrogen-bond acceptors (Lipinski definition) is 4. The number of anilines is 1. The van der Waals surface area contributed by atoms with Gasteiger partial charge in [0.1, 0.15) is 4.90 Å². The molecule has 0 saturated carbocycles. The van der Waals surface area contributed by atoms with Gasteiger partial charge in [-0.1, -0.05) is 24.3 Å². The van der Waals surface area contributed by atoms with Crippen LogP contribution in [0.4, 0.5) is 5.69 Å². The van der Waals surface area contributed by atoms with Gasteiger partial charge in [-0.25, -0.2) is 0 Å². The summed E-state index contributed by atoms with van der Waals surface area (Å²) in [5.41, 5.74) is 1.19. The second-order valence-corrected chi connectivity index (χ2v) is 8.45. The maximum Gasteiger partial charge on any atom is 0.295 e. The van der Waals surface area contributed by atoms with Crippen LogP contribution in [0.15, 0.2) is 41.3 Å². The van der Waals surface area contributed by atoms with Gasteiger partial charge in [0.15, 0.2) is 0 Å². The smallest absolute Gasteiger partial charge is 0.295 e. The van der Waals surface area contributed by atoms with Crippen LogP contribution in [0.2, 0.25) is 0 Å². The van der Waals surface area contributed by atoms with Gasteiger partial charge in [-0.15, -0.1) is 0 Å². The fourth-order valence-corrected chi connectivity index (χ4v) is 5.05. The van der Waals surface area contributed by atoms with E-state index < -0.39 is 10.1 Å². The number of benzene rings is 2. The Morgan fingerprint density at radius 2 is 1.92 bits per heavy atom. The molecule has 0 amide bonds. The molecule has 24 heavy (non-hydrogen) atoms. The number of rotatable bonds is 2. The minimum absolute atomic E-state index is 0.000213. The van der Waals surface area contributed by atoms with Gasteiger partial charge in [-0.05, 0) is 43.3 Å². The Bertz CT molecular complexity index is 868. The number of piperidine rings is 1. The molecule has 1 atom stereocenters. The summed E-state index contributed by atoms with van der Waals surface area (Å²) in [7, 11) is -4.26. The standard InChI is InChI=1S/C18H22N2O3S/c21-24(22,23)16-7-2-5-14-4-1-6-15(17(14)16)20-11-3-8-18(13-20)9-10-19-12-18/h1-2,4-7,19H,3,8-13H2,(H,21,22,23). The van der Waals surface area contributed by atoms with Crippen LogP contribution >= 0.6 is 0 Å². The third kappa shape index (κ3) is 2.68. The average Bonchev–Trinajstić information content (AvgIpc) is 3.00. The summed E-state index contributed by atoms with van der Waals surface area (Å²) in [6, 6.07) is 10.9. The third-order valence-electron chi connectivity index (χ3n) is 5.46. The van der Waals surface area contributed by atoms with Crippen LogP contribution in [-0.2, 0) is 10.1 Å². The van der Waals surface area contributed by atoms with Crippen molar-refractivity contribution in [2.24, 2.45) is 5.41 Å². The molecule has 2 aromatic rings. The van der Waals surface area contributed by atoms with E-state index in [9.17, 15) is 13.0 Å². The molecule has 1 spiro atoms. The highest BCUT2D eigenvalue weighted by atomic mass is 32.2. The van der Waals surface area contributed by atoms with E-state index in [0.717, 1.165) is 43.7 Å². The van der Waals surface area contributed by atoms with Gasteiger partial charge in [0.25, 0.3) is 10.1 Å². The van der Waals surface area contributed by atoms with E-state index in [1.165, 1.54) is 18.9 Å². The molecule has 2 fully saturated rings. The molecule has 2 aromatic carbocycles. The molecule has 5 nitrogen and oxygen atoms in total. The molecule has 128 valence electrons. The maximum absolute atomic E-state index is 11.9. The quantitative estimate of drug-likeness (QED) is 0.818. The van der Waals surface area contributed by atoms with Crippen LogP contribution in [0.3, 0.4) is 0 Å². The fraction of sp³-hybridized carbons (Fsp3) is 0.444. The highest BCUT2D eigenvalue weighted by Crippen LogP contribution is 2.40. The van der Waals surface area contributed by atoms with E-state index >= 15 is 0 Å². The summed E-state index contributed by atoms with van der Waals surface area (Å²) in [5, 5.41) is 4.93. The van der Waals surface area contributed by atoms with Crippen LogP contribution in [0, 0.1) is 5.41 Å². The maximum atomic E-state index is 11.9. The Labute approximate surface area is 142 Å². The first-order valence-corrected chi connectivity index (χ1v) is 9.88. The van der Waals surface area contributed by atoms with E-state index in [1.807, 2.05) is 24.3 Å². The molecule has 4 rings (SSSR count). The van der Waals surface area contributed by atoms with Crippen LogP contribution in [0.1, 0.15) is 19.3 Å². The molecule has 2 aliphatic rings. The molecule has 2 aliphatic heterocycles. The van der Waals surface area contributed by atoms with E-state index in [-0.39, 0.29) is 10.3 Å². The third-order valence-corrected chi connectivity index (χ3v) is 6.35. The highest BCUT2D eigenvalue weighted by Gasteiger charge is 2.38. The van der Waals surface area contributed by atoms with Crippen molar-refractivity contribution in [1.82, 2.24) is 5.32 Å². The molecular weight excluding hydrogens is 324 g/mol. The normalized spacial score (nSPS) is 24.8. The van der Waals surface area contributed by atoms with Gasteiger partial charge in [-0.2, -0.15) is 8.42 Å². The Hall–Kier alpha value is -1.63. The molecular formula is C18H22N2O3S. The van der Waals surface area contributed by atoms with Gasteiger partial charge in [0.2, 0.25) is 0 Å². The zero-order chi connectivity index (χ0) is 16.8. The SMILES string of the molecule is O=S(=O)(O)c1cccc2cccc(N3CCCC4(CCNC4)C3)c12. The lowest BCUT2D eigenvalue weighted by atomic mass is 9.79. The monoisotopic (exact) mass is 346 g/mol. The van der Waals surface area contributed by atoms with Gasteiger partial charge in [0.05, 0.1) is 0 Å². The highest BCUT2D eigenvalue weighted by molar-refractivity contribution is 7.86. The Kier molecular flexibility index (Phi) is 3.78. The van der Waals surface area contributed by atoms with E-state index in [4.69, 9.17) is 0 Å². The molecule has 0 bridgehead atoms. The van der Waals surface area contributed by atoms with Gasteiger partial charge >= 0.3 is 0 Å². The first-order chi connectivity index (χ1) is 11.5. The van der Waals surface area contributed by atoms with Crippen molar-refractivity contribution in [3.63, 3.8) is 0 Å². The van der Waals surface area contributed by atoms with Crippen LogP contribution < -0.4 is 10.2 Å². The number of nitrogens with one attached hydrogen (secondary N) is 1. The first kappa shape index (κ1) is 15.9. The van der Waals surface area contributed by atoms with Crippen molar-refractivity contribution in [2.45, 2.75) is 24.2 Å². The second-order valence-electron chi connectivity index (χ2n) is 7.06. The lowest BCUT2D eigenvalue weighted by Crippen LogP contribution is -2.44. The molecule has 0 radical (unpaired) electrons. The van der Waals surface area contributed by atoms with Crippen molar-refractivity contribution in [1.29, 1.82) is 0 Å². The predicted octanol–water partition coefficient (Wildman–Crippen LogP) is 2.67. The summed E-state index contributed by atoms with van der Waals surface area (Å²) in [6.45, 7) is 3.93. The van der Waals surface area contributed by atoms with E-state index in [2.05, 4.69) is 10.2 Å². The molecule has 2 N–H and O–H groups in total. The van der Waals surface area contributed by atoms with Crippen molar-refractivity contribution >= 4 is 26.6 Å². The Morgan fingerprint density at radius 1 is 1.12 bits per heavy atom. The van der Waals surface area contributed by atoms with Crippen molar-refractivity contribution in [3.8, 4) is 0 Å². The molecule has 2 heterocycles. The lowest BCUT2D eigenvalue weighted by Gasteiger charge is -2.41. The number of fused-ring (bicyclic) bond motifs is 1.